The second kappa shape index (κ2) is 10.6. The minimum atomic E-state index is -3.53. The second-order valence-corrected chi connectivity index (χ2v) is 9.54. The van der Waals surface area contributed by atoms with E-state index in [1.54, 1.807) is 24.3 Å². The number of aryl methyl sites for hydroxylation is 1. The Morgan fingerprint density at radius 2 is 1.87 bits per heavy atom. The number of sulfonamides is 1. The molecule has 1 N–H and O–H groups in total. The third kappa shape index (κ3) is 6.57. The minimum absolute atomic E-state index is 0.109. The summed E-state index contributed by atoms with van der Waals surface area (Å²) >= 11 is 0. The molecule has 1 aliphatic heterocycles. The van der Waals surface area contributed by atoms with Gasteiger partial charge in [0.2, 0.25) is 15.9 Å². The number of para-hydroxylation sites is 1. The standard InChI is InChI=1S/C23H30N2O4S/c1-19-11-13-22(14-12-19)30(27,28)24-17-20-7-5-15-25(18-20)23(26)10-6-16-29-21-8-3-2-4-9-21/h2-4,8-9,11-14,20,24H,5-7,10,15-18H2,1H3. The van der Waals surface area contributed by atoms with Crippen LogP contribution in [0, 0.1) is 12.8 Å². The number of piperidine rings is 1. The van der Waals surface area contributed by atoms with Crippen molar-refractivity contribution in [2.45, 2.75) is 37.5 Å². The first-order chi connectivity index (χ1) is 14.4. The SMILES string of the molecule is Cc1ccc(S(=O)(=O)NCC2CCCN(C(=O)CCCOc3ccccc3)C2)cc1. The van der Waals surface area contributed by atoms with Crippen molar-refractivity contribution < 1.29 is 17.9 Å². The van der Waals surface area contributed by atoms with Crippen LogP contribution in [0.2, 0.25) is 0 Å². The van der Waals surface area contributed by atoms with Gasteiger partial charge in [0.1, 0.15) is 5.75 Å². The summed E-state index contributed by atoms with van der Waals surface area (Å²) in [6, 6.07) is 16.4. The zero-order chi connectivity index (χ0) is 21.4. The molecule has 2 aromatic carbocycles. The molecule has 1 unspecified atom stereocenters. The minimum Gasteiger partial charge on any atom is -0.494 e. The molecule has 7 heteroatoms. The third-order valence-electron chi connectivity index (χ3n) is 5.31. The molecule has 1 heterocycles. The highest BCUT2D eigenvalue weighted by molar-refractivity contribution is 7.89. The van der Waals surface area contributed by atoms with E-state index >= 15 is 0 Å². The highest BCUT2D eigenvalue weighted by Crippen LogP contribution is 2.18. The van der Waals surface area contributed by atoms with Crippen molar-refractivity contribution in [2.75, 3.05) is 26.2 Å². The summed E-state index contributed by atoms with van der Waals surface area (Å²) in [5, 5.41) is 0. The van der Waals surface area contributed by atoms with Gasteiger partial charge < -0.3 is 9.64 Å². The van der Waals surface area contributed by atoms with E-state index in [0.717, 1.165) is 30.7 Å². The lowest BCUT2D eigenvalue weighted by Gasteiger charge is -2.33. The van der Waals surface area contributed by atoms with Gasteiger partial charge in [-0.2, -0.15) is 0 Å². The Labute approximate surface area is 179 Å². The lowest BCUT2D eigenvalue weighted by Crippen LogP contribution is -2.43. The average molecular weight is 431 g/mol. The van der Waals surface area contributed by atoms with Crippen molar-refractivity contribution in [3.8, 4) is 5.75 Å². The fraction of sp³-hybridized carbons (Fsp3) is 0.435. The van der Waals surface area contributed by atoms with Gasteiger partial charge in [-0.3, -0.25) is 4.79 Å². The van der Waals surface area contributed by atoms with Crippen LogP contribution in [0.25, 0.3) is 0 Å². The summed E-state index contributed by atoms with van der Waals surface area (Å²) in [6.07, 6.45) is 2.91. The van der Waals surface area contributed by atoms with Crippen molar-refractivity contribution in [1.82, 2.24) is 9.62 Å². The molecule has 0 aromatic heterocycles. The van der Waals surface area contributed by atoms with Crippen molar-refractivity contribution in [3.05, 3.63) is 60.2 Å². The van der Waals surface area contributed by atoms with Crippen LogP contribution in [-0.4, -0.2) is 45.5 Å². The summed E-state index contributed by atoms with van der Waals surface area (Å²) in [5.74, 6) is 1.05. The van der Waals surface area contributed by atoms with E-state index in [-0.39, 0.29) is 16.7 Å². The Kier molecular flexibility index (Phi) is 7.87. The monoisotopic (exact) mass is 430 g/mol. The summed E-state index contributed by atoms with van der Waals surface area (Å²) in [6.45, 7) is 4.10. The Morgan fingerprint density at radius 1 is 1.13 bits per heavy atom. The number of benzene rings is 2. The molecule has 1 atom stereocenters. The lowest BCUT2D eigenvalue weighted by molar-refractivity contribution is -0.133. The van der Waals surface area contributed by atoms with Gasteiger partial charge in [0.05, 0.1) is 11.5 Å². The normalized spacial score (nSPS) is 17.0. The molecule has 0 saturated carbocycles. The van der Waals surface area contributed by atoms with E-state index in [1.807, 2.05) is 42.2 Å². The second-order valence-electron chi connectivity index (χ2n) is 7.78. The van der Waals surface area contributed by atoms with E-state index in [4.69, 9.17) is 4.74 Å². The zero-order valence-electron chi connectivity index (χ0n) is 17.4. The fourth-order valence-electron chi connectivity index (χ4n) is 3.57. The third-order valence-corrected chi connectivity index (χ3v) is 6.75. The van der Waals surface area contributed by atoms with Crippen LogP contribution in [0.3, 0.4) is 0 Å². The Balaban J connectivity index is 1.42. The molecule has 1 fully saturated rings. The number of nitrogens with zero attached hydrogens (tertiary/aromatic N) is 1. The van der Waals surface area contributed by atoms with Crippen LogP contribution in [0.5, 0.6) is 5.75 Å². The molecule has 2 aromatic rings. The molecule has 1 aliphatic rings. The molecule has 0 radical (unpaired) electrons. The predicted octanol–water partition coefficient (Wildman–Crippen LogP) is 3.37. The molecule has 0 bridgehead atoms. The topological polar surface area (TPSA) is 75.7 Å². The van der Waals surface area contributed by atoms with E-state index < -0.39 is 10.0 Å². The Bertz CT molecular complexity index is 914. The number of rotatable bonds is 9. The number of hydrogen-bond donors (Lipinski definition) is 1. The van der Waals surface area contributed by atoms with Gasteiger partial charge in [0.15, 0.2) is 0 Å². The molecular weight excluding hydrogens is 400 g/mol. The summed E-state index contributed by atoms with van der Waals surface area (Å²) in [5.41, 5.74) is 1.02. The van der Waals surface area contributed by atoms with Gasteiger partial charge in [-0.1, -0.05) is 35.9 Å². The summed E-state index contributed by atoms with van der Waals surface area (Å²) in [4.78, 5) is 14.7. The quantitative estimate of drug-likeness (QED) is 0.619. The molecular formula is C23H30N2O4S. The highest BCUT2D eigenvalue weighted by Gasteiger charge is 2.25. The van der Waals surface area contributed by atoms with Crippen LogP contribution < -0.4 is 9.46 Å². The zero-order valence-corrected chi connectivity index (χ0v) is 18.2. The van der Waals surface area contributed by atoms with Gasteiger partial charge in [0, 0.05) is 26.1 Å². The van der Waals surface area contributed by atoms with Crippen LogP contribution in [0.4, 0.5) is 0 Å². The molecule has 0 aliphatic carbocycles. The molecule has 3 rings (SSSR count). The molecule has 1 amide bonds. The number of amides is 1. The van der Waals surface area contributed by atoms with E-state index in [9.17, 15) is 13.2 Å². The van der Waals surface area contributed by atoms with Crippen LogP contribution in [-0.2, 0) is 14.8 Å². The average Bonchev–Trinajstić information content (AvgIpc) is 2.76. The lowest BCUT2D eigenvalue weighted by atomic mass is 9.98. The summed E-state index contributed by atoms with van der Waals surface area (Å²) < 4.78 is 33.3. The number of hydrogen-bond acceptors (Lipinski definition) is 4. The van der Waals surface area contributed by atoms with Crippen LogP contribution >= 0.6 is 0 Å². The largest absolute Gasteiger partial charge is 0.494 e. The van der Waals surface area contributed by atoms with E-state index in [2.05, 4.69) is 4.72 Å². The smallest absolute Gasteiger partial charge is 0.240 e. The first kappa shape index (κ1) is 22.3. The van der Waals surface area contributed by atoms with E-state index in [0.29, 0.717) is 32.5 Å². The maximum Gasteiger partial charge on any atom is 0.240 e. The summed E-state index contributed by atoms with van der Waals surface area (Å²) in [7, 11) is -3.53. The Hall–Kier alpha value is -2.38. The van der Waals surface area contributed by atoms with E-state index in [1.165, 1.54) is 0 Å². The first-order valence-electron chi connectivity index (χ1n) is 10.5. The number of nitrogens with one attached hydrogen (secondary N) is 1. The fourth-order valence-corrected chi connectivity index (χ4v) is 4.69. The van der Waals surface area contributed by atoms with Gasteiger partial charge in [0.25, 0.3) is 0 Å². The molecule has 1 saturated heterocycles. The van der Waals surface area contributed by atoms with Crippen molar-refractivity contribution in [3.63, 3.8) is 0 Å². The van der Waals surface area contributed by atoms with Crippen molar-refractivity contribution >= 4 is 15.9 Å². The van der Waals surface area contributed by atoms with Crippen molar-refractivity contribution in [1.29, 1.82) is 0 Å². The predicted molar refractivity (Wildman–Crippen MR) is 117 cm³/mol. The van der Waals surface area contributed by atoms with Gasteiger partial charge in [-0.15, -0.1) is 0 Å². The first-order valence-corrected chi connectivity index (χ1v) is 11.9. The highest BCUT2D eigenvalue weighted by atomic mass is 32.2. The maximum atomic E-state index is 12.5. The molecule has 6 nitrogen and oxygen atoms in total. The number of likely N-dealkylation sites (tertiary alicyclic amines) is 1. The van der Waals surface area contributed by atoms with Crippen LogP contribution in [0.15, 0.2) is 59.5 Å². The Morgan fingerprint density at radius 3 is 2.60 bits per heavy atom. The molecule has 30 heavy (non-hydrogen) atoms. The number of carbonyl (C=O) groups is 1. The van der Waals surface area contributed by atoms with Gasteiger partial charge in [-0.05, 0) is 56.4 Å². The van der Waals surface area contributed by atoms with Gasteiger partial charge in [-0.25, -0.2) is 13.1 Å². The maximum absolute atomic E-state index is 12.5. The molecule has 162 valence electrons. The van der Waals surface area contributed by atoms with Crippen molar-refractivity contribution in [2.24, 2.45) is 5.92 Å². The number of ether oxygens (including phenoxy) is 1. The van der Waals surface area contributed by atoms with Crippen LogP contribution in [0.1, 0.15) is 31.2 Å². The van der Waals surface area contributed by atoms with Gasteiger partial charge >= 0.3 is 0 Å². The number of carbonyl (C=O) groups excluding carboxylic acids is 1. The molecule has 0 spiro atoms.